The molecule has 0 atom stereocenters. The van der Waals surface area contributed by atoms with Crippen LogP contribution in [0.3, 0.4) is 0 Å². The van der Waals surface area contributed by atoms with Gasteiger partial charge in [0, 0.05) is 33.2 Å². The minimum absolute atomic E-state index is 0.276. The Morgan fingerprint density at radius 3 is 2.33 bits per heavy atom. The Labute approximate surface area is 180 Å². The van der Waals surface area contributed by atoms with Crippen LogP contribution in [0.4, 0.5) is 0 Å². The zero-order valence-corrected chi connectivity index (χ0v) is 19.4. The summed E-state index contributed by atoms with van der Waals surface area (Å²) in [4.78, 5) is 7.53. The molecule has 0 spiro atoms. The molecule has 2 aromatic carbocycles. The van der Waals surface area contributed by atoms with Crippen LogP contribution < -0.4 is 0 Å². The van der Waals surface area contributed by atoms with Crippen molar-refractivity contribution in [2.45, 2.75) is 57.8 Å². The molecule has 0 bridgehead atoms. The SMILES string of the molecule is CCCn1c(CN(Cc2ccccc2)C(C)C)nc2cc(S(=O)(=O)N(C)C)ccc21. The molecule has 162 valence electrons. The monoisotopic (exact) mass is 428 g/mol. The molecule has 30 heavy (non-hydrogen) atoms. The Hall–Kier alpha value is -2.22. The minimum Gasteiger partial charge on any atom is -0.327 e. The van der Waals surface area contributed by atoms with Gasteiger partial charge in [-0.05, 0) is 44.0 Å². The molecule has 3 rings (SSSR count). The molecule has 0 fully saturated rings. The minimum atomic E-state index is -3.49. The van der Waals surface area contributed by atoms with Crippen LogP contribution >= 0.6 is 0 Å². The number of benzene rings is 2. The number of aromatic nitrogens is 2. The van der Waals surface area contributed by atoms with Crippen LogP contribution in [0.1, 0.15) is 38.6 Å². The van der Waals surface area contributed by atoms with Crippen molar-refractivity contribution in [3.63, 3.8) is 0 Å². The highest BCUT2D eigenvalue weighted by atomic mass is 32.2. The smallest absolute Gasteiger partial charge is 0.242 e. The van der Waals surface area contributed by atoms with Crippen molar-refractivity contribution < 1.29 is 8.42 Å². The first kappa shape index (κ1) is 22.5. The standard InChI is InChI=1S/C23H32N4O2S/c1-6-14-27-22-13-12-20(30(28,29)25(4)5)15-21(22)24-23(27)17-26(18(2)3)16-19-10-8-7-9-11-19/h7-13,15,18H,6,14,16-17H2,1-5H3. The van der Waals surface area contributed by atoms with Gasteiger partial charge in [0.15, 0.2) is 0 Å². The first-order valence-corrected chi connectivity index (χ1v) is 11.9. The van der Waals surface area contributed by atoms with Crippen molar-refractivity contribution in [2.24, 2.45) is 0 Å². The highest BCUT2D eigenvalue weighted by Gasteiger charge is 2.21. The lowest BCUT2D eigenvalue weighted by Crippen LogP contribution is -2.31. The number of aryl methyl sites for hydroxylation is 1. The van der Waals surface area contributed by atoms with Crippen molar-refractivity contribution in [3.8, 4) is 0 Å². The molecule has 6 nitrogen and oxygen atoms in total. The van der Waals surface area contributed by atoms with Gasteiger partial charge in [0.1, 0.15) is 5.82 Å². The fraction of sp³-hybridized carbons (Fsp3) is 0.435. The van der Waals surface area contributed by atoms with Crippen LogP contribution in [0.2, 0.25) is 0 Å². The number of hydrogen-bond acceptors (Lipinski definition) is 4. The average Bonchev–Trinajstić information content (AvgIpc) is 3.05. The highest BCUT2D eigenvalue weighted by Crippen LogP contribution is 2.24. The van der Waals surface area contributed by atoms with E-state index in [2.05, 4.69) is 54.5 Å². The van der Waals surface area contributed by atoms with Crippen molar-refractivity contribution in [1.82, 2.24) is 18.8 Å². The molecule has 0 aliphatic carbocycles. The Balaban J connectivity index is 1.99. The number of nitrogens with zero attached hydrogens (tertiary/aromatic N) is 4. The van der Waals surface area contributed by atoms with Crippen molar-refractivity contribution in [1.29, 1.82) is 0 Å². The number of fused-ring (bicyclic) bond motifs is 1. The van der Waals surface area contributed by atoms with Gasteiger partial charge in [-0.1, -0.05) is 37.3 Å². The summed E-state index contributed by atoms with van der Waals surface area (Å²) in [6.07, 6.45) is 0.983. The summed E-state index contributed by atoms with van der Waals surface area (Å²) >= 11 is 0. The second kappa shape index (κ2) is 9.29. The molecule has 0 amide bonds. The van der Waals surface area contributed by atoms with E-state index in [4.69, 9.17) is 4.98 Å². The predicted octanol–water partition coefficient (Wildman–Crippen LogP) is 4.11. The molecule has 0 aliphatic heterocycles. The van der Waals surface area contributed by atoms with E-state index in [1.165, 1.54) is 9.87 Å². The normalized spacial score (nSPS) is 12.5. The Bertz CT molecular complexity index is 1090. The summed E-state index contributed by atoms with van der Waals surface area (Å²) in [5.41, 5.74) is 2.97. The summed E-state index contributed by atoms with van der Waals surface area (Å²) in [5.74, 6) is 0.968. The van der Waals surface area contributed by atoms with E-state index in [0.717, 1.165) is 36.4 Å². The van der Waals surface area contributed by atoms with E-state index >= 15 is 0 Å². The summed E-state index contributed by atoms with van der Waals surface area (Å²) in [7, 11) is -0.395. The molecular weight excluding hydrogens is 396 g/mol. The van der Waals surface area contributed by atoms with Gasteiger partial charge in [0.05, 0.1) is 22.5 Å². The van der Waals surface area contributed by atoms with Gasteiger partial charge < -0.3 is 4.57 Å². The van der Waals surface area contributed by atoms with Crippen LogP contribution in [0.25, 0.3) is 11.0 Å². The molecule has 1 heterocycles. The van der Waals surface area contributed by atoms with Gasteiger partial charge in [0.2, 0.25) is 10.0 Å². The van der Waals surface area contributed by atoms with Crippen LogP contribution in [0.15, 0.2) is 53.4 Å². The first-order chi connectivity index (χ1) is 14.2. The van der Waals surface area contributed by atoms with Crippen molar-refractivity contribution in [2.75, 3.05) is 14.1 Å². The van der Waals surface area contributed by atoms with Crippen molar-refractivity contribution >= 4 is 21.1 Å². The number of hydrogen-bond donors (Lipinski definition) is 0. The summed E-state index contributed by atoms with van der Waals surface area (Å²) in [6.45, 7) is 8.92. The third kappa shape index (κ3) is 4.74. The molecule has 3 aromatic rings. The zero-order valence-electron chi connectivity index (χ0n) is 18.5. The molecule has 0 saturated carbocycles. The van der Waals surface area contributed by atoms with Gasteiger partial charge in [0.25, 0.3) is 0 Å². The highest BCUT2D eigenvalue weighted by molar-refractivity contribution is 7.89. The maximum Gasteiger partial charge on any atom is 0.242 e. The summed E-state index contributed by atoms with van der Waals surface area (Å²) in [6, 6.07) is 16.0. The second-order valence-corrected chi connectivity index (χ2v) is 10.3. The Kier molecular flexibility index (Phi) is 6.95. The number of sulfonamides is 1. The van der Waals surface area contributed by atoms with Gasteiger partial charge in [-0.3, -0.25) is 4.90 Å². The lowest BCUT2D eigenvalue weighted by Gasteiger charge is -2.26. The van der Waals surface area contributed by atoms with Crippen molar-refractivity contribution in [3.05, 3.63) is 59.9 Å². The van der Waals surface area contributed by atoms with E-state index in [9.17, 15) is 8.42 Å². The van der Waals surface area contributed by atoms with E-state index < -0.39 is 10.0 Å². The second-order valence-electron chi connectivity index (χ2n) is 8.10. The maximum absolute atomic E-state index is 12.5. The predicted molar refractivity (Wildman–Crippen MR) is 122 cm³/mol. The number of imidazole rings is 1. The average molecular weight is 429 g/mol. The van der Waals surface area contributed by atoms with Gasteiger partial charge in [-0.25, -0.2) is 17.7 Å². The molecule has 0 saturated heterocycles. The van der Waals surface area contributed by atoms with E-state index in [-0.39, 0.29) is 4.90 Å². The first-order valence-electron chi connectivity index (χ1n) is 10.4. The topological polar surface area (TPSA) is 58.4 Å². The molecule has 0 radical (unpaired) electrons. The maximum atomic E-state index is 12.5. The van der Waals surface area contributed by atoms with Gasteiger partial charge in [-0.15, -0.1) is 0 Å². The number of rotatable bonds is 9. The summed E-state index contributed by atoms with van der Waals surface area (Å²) in [5, 5.41) is 0. The fourth-order valence-corrected chi connectivity index (χ4v) is 4.47. The Morgan fingerprint density at radius 1 is 1.03 bits per heavy atom. The van der Waals surface area contributed by atoms with Crippen LogP contribution in [0.5, 0.6) is 0 Å². The van der Waals surface area contributed by atoms with E-state index in [1.54, 1.807) is 26.2 Å². The molecule has 0 N–H and O–H groups in total. The third-order valence-electron chi connectivity index (χ3n) is 5.33. The van der Waals surface area contributed by atoms with Crippen LogP contribution in [-0.2, 0) is 29.7 Å². The van der Waals surface area contributed by atoms with Crippen LogP contribution in [-0.4, -0.2) is 47.3 Å². The van der Waals surface area contributed by atoms with E-state index in [1.807, 2.05) is 12.1 Å². The fourth-order valence-electron chi connectivity index (χ4n) is 3.55. The Morgan fingerprint density at radius 2 is 1.73 bits per heavy atom. The van der Waals surface area contributed by atoms with Crippen LogP contribution in [0, 0.1) is 0 Å². The largest absolute Gasteiger partial charge is 0.327 e. The molecule has 7 heteroatoms. The quantitative estimate of drug-likeness (QED) is 0.515. The molecule has 0 unspecified atom stereocenters. The lowest BCUT2D eigenvalue weighted by molar-refractivity contribution is 0.196. The van der Waals surface area contributed by atoms with Gasteiger partial charge >= 0.3 is 0 Å². The molecule has 0 aliphatic rings. The molecular formula is C23H32N4O2S. The summed E-state index contributed by atoms with van der Waals surface area (Å²) < 4.78 is 28.6. The third-order valence-corrected chi connectivity index (χ3v) is 7.14. The molecule has 1 aromatic heterocycles. The zero-order chi connectivity index (χ0) is 21.9. The van der Waals surface area contributed by atoms with E-state index in [0.29, 0.717) is 12.6 Å². The lowest BCUT2D eigenvalue weighted by atomic mass is 10.2. The van der Waals surface area contributed by atoms with Gasteiger partial charge in [-0.2, -0.15) is 0 Å².